The number of aryl methyl sites for hydroxylation is 1. The standard InChI is InChI=1S/C13H13NO/c1-9-6-7-11-10(8-9)4-3-5-12(11)13(15)14-2/h3-8H,1-2H3,(H,14,15). The molecule has 1 N–H and O–H groups in total. The number of amides is 1. The number of hydrogen-bond donors (Lipinski definition) is 1. The highest BCUT2D eigenvalue weighted by molar-refractivity contribution is 6.07. The molecule has 2 nitrogen and oxygen atoms in total. The van der Waals surface area contributed by atoms with Gasteiger partial charge in [-0.05, 0) is 23.8 Å². The minimum atomic E-state index is -0.0375. The third kappa shape index (κ3) is 1.71. The Labute approximate surface area is 88.9 Å². The summed E-state index contributed by atoms with van der Waals surface area (Å²) in [5, 5.41) is 4.76. The van der Waals surface area contributed by atoms with Gasteiger partial charge in [0, 0.05) is 12.6 Å². The molecule has 0 aliphatic carbocycles. The van der Waals surface area contributed by atoms with Gasteiger partial charge in [0.25, 0.3) is 5.91 Å². The fourth-order valence-electron chi connectivity index (χ4n) is 1.74. The number of carbonyl (C=O) groups is 1. The molecule has 2 heteroatoms. The normalized spacial score (nSPS) is 10.3. The predicted octanol–water partition coefficient (Wildman–Crippen LogP) is 2.51. The molecule has 0 bridgehead atoms. The summed E-state index contributed by atoms with van der Waals surface area (Å²) in [6, 6.07) is 11.9. The van der Waals surface area contributed by atoms with Crippen molar-refractivity contribution in [3.8, 4) is 0 Å². The van der Waals surface area contributed by atoms with Crippen LogP contribution in [0.15, 0.2) is 36.4 Å². The number of carbonyl (C=O) groups excluding carboxylic acids is 1. The highest BCUT2D eigenvalue weighted by Crippen LogP contribution is 2.19. The molecule has 76 valence electrons. The summed E-state index contributed by atoms with van der Waals surface area (Å²) in [6.45, 7) is 2.05. The number of nitrogens with one attached hydrogen (secondary N) is 1. The summed E-state index contributed by atoms with van der Waals surface area (Å²) in [4.78, 5) is 11.6. The molecule has 0 aliphatic heterocycles. The Balaban J connectivity index is 2.71. The third-order valence-corrected chi connectivity index (χ3v) is 2.51. The number of hydrogen-bond acceptors (Lipinski definition) is 1. The number of fused-ring (bicyclic) bond motifs is 1. The lowest BCUT2D eigenvalue weighted by Gasteiger charge is -2.05. The average Bonchev–Trinajstić information content (AvgIpc) is 2.26. The van der Waals surface area contributed by atoms with Crippen molar-refractivity contribution in [3.05, 3.63) is 47.5 Å². The van der Waals surface area contributed by atoms with Gasteiger partial charge in [-0.25, -0.2) is 0 Å². The first-order valence-electron chi connectivity index (χ1n) is 4.94. The van der Waals surface area contributed by atoms with E-state index in [1.165, 1.54) is 5.56 Å². The maximum absolute atomic E-state index is 11.6. The summed E-state index contributed by atoms with van der Waals surface area (Å²) in [7, 11) is 1.65. The second kappa shape index (κ2) is 3.73. The molecule has 1 amide bonds. The first-order chi connectivity index (χ1) is 7.22. The van der Waals surface area contributed by atoms with E-state index in [-0.39, 0.29) is 5.91 Å². The molecule has 15 heavy (non-hydrogen) atoms. The summed E-state index contributed by atoms with van der Waals surface area (Å²) >= 11 is 0. The number of rotatable bonds is 1. The van der Waals surface area contributed by atoms with Gasteiger partial charge >= 0.3 is 0 Å². The van der Waals surface area contributed by atoms with Crippen LogP contribution in [0.5, 0.6) is 0 Å². The molecule has 2 aromatic carbocycles. The summed E-state index contributed by atoms with van der Waals surface area (Å²) in [5.74, 6) is -0.0375. The molecular formula is C13H13NO. The van der Waals surface area contributed by atoms with Crippen LogP contribution in [0.1, 0.15) is 15.9 Å². The van der Waals surface area contributed by atoms with Crippen LogP contribution in [-0.4, -0.2) is 13.0 Å². The van der Waals surface area contributed by atoms with Crippen LogP contribution in [0.4, 0.5) is 0 Å². The summed E-state index contributed by atoms with van der Waals surface area (Å²) < 4.78 is 0. The van der Waals surface area contributed by atoms with Crippen molar-refractivity contribution in [3.63, 3.8) is 0 Å². The van der Waals surface area contributed by atoms with Crippen molar-refractivity contribution < 1.29 is 4.79 Å². The Hall–Kier alpha value is -1.83. The largest absolute Gasteiger partial charge is 0.355 e. The van der Waals surface area contributed by atoms with E-state index in [0.717, 1.165) is 16.3 Å². The lowest BCUT2D eigenvalue weighted by Crippen LogP contribution is -2.17. The molecule has 0 heterocycles. The van der Waals surface area contributed by atoms with E-state index >= 15 is 0 Å². The van der Waals surface area contributed by atoms with Crippen molar-refractivity contribution in [2.75, 3.05) is 7.05 Å². The fourth-order valence-corrected chi connectivity index (χ4v) is 1.74. The molecule has 0 atom stereocenters. The third-order valence-electron chi connectivity index (χ3n) is 2.51. The van der Waals surface area contributed by atoms with Gasteiger partial charge in [-0.3, -0.25) is 4.79 Å². The van der Waals surface area contributed by atoms with Crippen LogP contribution >= 0.6 is 0 Å². The molecule has 2 rings (SSSR count). The second-order valence-corrected chi connectivity index (χ2v) is 3.61. The Bertz CT molecular complexity index is 517. The van der Waals surface area contributed by atoms with E-state index < -0.39 is 0 Å². The van der Waals surface area contributed by atoms with E-state index in [1.54, 1.807) is 7.05 Å². The molecule has 0 unspecified atom stereocenters. The van der Waals surface area contributed by atoms with Crippen molar-refractivity contribution in [2.45, 2.75) is 6.92 Å². The molecule has 0 aliphatic rings. The van der Waals surface area contributed by atoms with Crippen LogP contribution in [0.3, 0.4) is 0 Å². The van der Waals surface area contributed by atoms with Crippen molar-refractivity contribution in [2.24, 2.45) is 0 Å². The molecule has 0 aromatic heterocycles. The lowest BCUT2D eigenvalue weighted by atomic mass is 10.0. The minimum Gasteiger partial charge on any atom is -0.355 e. The van der Waals surface area contributed by atoms with E-state index in [0.29, 0.717) is 0 Å². The smallest absolute Gasteiger partial charge is 0.251 e. The van der Waals surface area contributed by atoms with Crippen molar-refractivity contribution >= 4 is 16.7 Å². The van der Waals surface area contributed by atoms with Crippen molar-refractivity contribution in [1.82, 2.24) is 5.32 Å². The Morgan fingerprint density at radius 2 is 2.00 bits per heavy atom. The van der Waals surface area contributed by atoms with Gasteiger partial charge in [-0.1, -0.05) is 35.9 Å². The maximum atomic E-state index is 11.6. The van der Waals surface area contributed by atoms with E-state index in [1.807, 2.05) is 37.3 Å². The summed E-state index contributed by atoms with van der Waals surface area (Å²) in [5.41, 5.74) is 1.94. The van der Waals surface area contributed by atoms with Gasteiger partial charge < -0.3 is 5.32 Å². The maximum Gasteiger partial charge on any atom is 0.251 e. The Morgan fingerprint density at radius 3 is 2.73 bits per heavy atom. The highest BCUT2D eigenvalue weighted by atomic mass is 16.1. The monoisotopic (exact) mass is 199 g/mol. The van der Waals surface area contributed by atoms with Crippen LogP contribution < -0.4 is 5.32 Å². The van der Waals surface area contributed by atoms with Gasteiger partial charge in [0.2, 0.25) is 0 Å². The summed E-state index contributed by atoms with van der Waals surface area (Å²) in [6.07, 6.45) is 0. The van der Waals surface area contributed by atoms with Crippen LogP contribution in [0.25, 0.3) is 10.8 Å². The molecule has 2 aromatic rings. The first kappa shape index (κ1) is 9.71. The lowest BCUT2D eigenvalue weighted by molar-refractivity contribution is 0.0965. The van der Waals surface area contributed by atoms with Gasteiger partial charge in [-0.2, -0.15) is 0 Å². The van der Waals surface area contributed by atoms with Gasteiger partial charge in [0.15, 0.2) is 0 Å². The van der Waals surface area contributed by atoms with Gasteiger partial charge in [0.05, 0.1) is 0 Å². The highest BCUT2D eigenvalue weighted by Gasteiger charge is 2.07. The number of benzene rings is 2. The average molecular weight is 199 g/mol. The SMILES string of the molecule is CNC(=O)c1cccc2cc(C)ccc12. The zero-order valence-electron chi connectivity index (χ0n) is 8.87. The van der Waals surface area contributed by atoms with Gasteiger partial charge in [0.1, 0.15) is 0 Å². The molecular weight excluding hydrogens is 186 g/mol. The molecule has 0 saturated carbocycles. The van der Waals surface area contributed by atoms with Crippen LogP contribution in [-0.2, 0) is 0 Å². The molecule has 0 saturated heterocycles. The Kier molecular flexibility index (Phi) is 2.42. The zero-order chi connectivity index (χ0) is 10.8. The first-order valence-corrected chi connectivity index (χ1v) is 4.94. The van der Waals surface area contributed by atoms with E-state index in [9.17, 15) is 4.79 Å². The minimum absolute atomic E-state index is 0.0375. The van der Waals surface area contributed by atoms with Crippen LogP contribution in [0.2, 0.25) is 0 Å². The van der Waals surface area contributed by atoms with E-state index in [4.69, 9.17) is 0 Å². The molecule has 0 spiro atoms. The fraction of sp³-hybridized carbons (Fsp3) is 0.154. The van der Waals surface area contributed by atoms with E-state index in [2.05, 4.69) is 11.4 Å². The molecule has 0 radical (unpaired) electrons. The second-order valence-electron chi connectivity index (χ2n) is 3.61. The van der Waals surface area contributed by atoms with Gasteiger partial charge in [-0.15, -0.1) is 0 Å². The zero-order valence-corrected chi connectivity index (χ0v) is 8.87. The topological polar surface area (TPSA) is 29.1 Å². The predicted molar refractivity (Wildman–Crippen MR) is 62.1 cm³/mol. The van der Waals surface area contributed by atoms with Crippen molar-refractivity contribution in [1.29, 1.82) is 0 Å². The Morgan fingerprint density at radius 1 is 1.20 bits per heavy atom. The van der Waals surface area contributed by atoms with Crippen LogP contribution in [0, 0.1) is 6.92 Å². The quantitative estimate of drug-likeness (QED) is 0.751. The molecule has 0 fully saturated rings.